The third-order valence-corrected chi connectivity index (χ3v) is 4.77. The van der Waals surface area contributed by atoms with E-state index >= 15 is 0 Å². The third kappa shape index (κ3) is 3.65. The first kappa shape index (κ1) is 13.8. The molecule has 0 atom stereocenters. The molecule has 1 rings (SSSR count). The molecule has 0 aliphatic heterocycles. The smallest absolute Gasteiger partial charge is 0.178 e. The lowest BCUT2D eigenvalue weighted by molar-refractivity contribution is 0.592. The van der Waals surface area contributed by atoms with Crippen molar-refractivity contribution in [3.05, 3.63) is 28.8 Å². The summed E-state index contributed by atoms with van der Waals surface area (Å²) in [7, 11) is -3.19. The van der Waals surface area contributed by atoms with E-state index in [1.807, 2.05) is 0 Å². The van der Waals surface area contributed by atoms with Gasteiger partial charge in [0.25, 0.3) is 0 Å². The molecule has 0 amide bonds. The molecule has 0 bridgehead atoms. The molecule has 1 aromatic carbocycles. The monoisotopic (exact) mass is 280 g/mol. The fourth-order valence-corrected chi connectivity index (χ4v) is 3.07. The molecule has 0 saturated carbocycles. The van der Waals surface area contributed by atoms with Gasteiger partial charge in [-0.3, -0.25) is 0 Å². The molecular weight excluding hydrogens is 267 g/mol. The Bertz CT molecular complexity index is 455. The second kappa shape index (κ2) is 5.89. The average molecular weight is 281 g/mol. The van der Waals surface area contributed by atoms with Crippen molar-refractivity contribution < 1.29 is 8.42 Å². The molecule has 2 nitrogen and oxygen atoms in total. The summed E-state index contributed by atoms with van der Waals surface area (Å²) in [5.41, 5.74) is 0.778. The Morgan fingerprint density at radius 1 is 1.25 bits per heavy atom. The van der Waals surface area contributed by atoms with Crippen LogP contribution in [-0.4, -0.2) is 20.1 Å². The second-order valence-corrected chi connectivity index (χ2v) is 6.52. The molecule has 16 heavy (non-hydrogen) atoms. The molecule has 0 aromatic heterocycles. The van der Waals surface area contributed by atoms with Crippen molar-refractivity contribution in [1.29, 1.82) is 0 Å². The summed E-state index contributed by atoms with van der Waals surface area (Å²) in [6.07, 6.45) is 1.31. The van der Waals surface area contributed by atoms with Crippen LogP contribution < -0.4 is 0 Å². The zero-order chi connectivity index (χ0) is 12.2. The van der Waals surface area contributed by atoms with E-state index < -0.39 is 9.84 Å². The van der Waals surface area contributed by atoms with E-state index in [4.69, 9.17) is 23.2 Å². The third-order valence-electron chi connectivity index (χ3n) is 2.29. The number of alkyl halides is 1. The first-order valence-corrected chi connectivity index (χ1v) is 7.59. The van der Waals surface area contributed by atoms with Crippen molar-refractivity contribution in [3.63, 3.8) is 0 Å². The average Bonchev–Trinajstić information content (AvgIpc) is 2.22. The standard InChI is InChI=1S/C11H14Cl2O2S/c1-9-8-10(4-5-11(9)13)16(14,15)7-3-2-6-12/h4-5,8H,2-3,6-7H2,1H3. The Morgan fingerprint density at radius 3 is 2.50 bits per heavy atom. The van der Waals surface area contributed by atoms with E-state index in [-0.39, 0.29) is 5.75 Å². The number of unbranched alkanes of at least 4 members (excludes halogenated alkanes) is 1. The van der Waals surface area contributed by atoms with Crippen LogP contribution in [0.5, 0.6) is 0 Å². The lowest BCUT2D eigenvalue weighted by Gasteiger charge is -2.05. The van der Waals surface area contributed by atoms with Crippen molar-refractivity contribution in [2.24, 2.45) is 0 Å². The van der Waals surface area contributed by atoms with E-state index in [1.54, 1.807) is 25.1 Å². The van der Waals surface area contributed by atoms with Crippen LogP contribution in [0.4, 0.5) is 0 Å². The molecule has 0 N–H and O–H groups in total. The summed E-state index contributed by atoms with van der Waals surface area (Å²) in [6.45, 7) is 1.79. The van der Waals surface area contributed by atoms with Crippen LogP contribution in [0.3, 0.4) is 0 Å². The molecule has 0 unspecified atom stereocenters. The minimum atomic E-state index is -3.19. The summed E-state index contributed by atoms with van der Waals surface area (Å²) in [6, 6.07) is 4.77. The molecule has 0 aliphatic rings. The van der Waals surface area contributed by atoms with Gasteiger partial charge in [0.15, 0.2) is 9.84 Å². The summed E-state index contributed by atoms with van der Waals surface area (Å²) in [4.78, 5) is 0.337. The predicted octanol–water partition coefficient (Wildman–Crippen LogP) is 3.44. The van der Waals surface area contributed by atoms with E-state index in [2.05, 4.69) is 0 Å². The van der Waals surface area contributed by atoms with Gasteiger partial charge >= 0.3 is 0 Å². The van der Waals surface area contributed by atoms with Gasteiger partial charge in [0.05, 0.1) is 10.6 Å². The molecule has 1 aromatic rings. The number of aryl methyl sites for hydroxylation is 1. The highest BCUT2D eigenvalue weighted by Gasteiger charge is 2.14. The highest BCUT2D eigenvalue weighted by Crippen LogP contribution is 2.20. The summed E-state index contributed by atoms with van der Waals surface area (Å²) in [5.74, 6) is 0.635. The maximum absolute atomic E-state index is 11.9. The molecule has 0 fully saturated rings. The quantitative estimate of drug-likeness (QED) is 0.612. The van der Waals surface area contributed by atoms with Crippen LogP contribution in [0.2, 0.25) is 5.02 Å². The topological polar surface area (TPSA) is 34.1 Å². The van der Waals surface area contributed by atoms with Gasteiger partial charge in [0.2, 0.25) is 0 Å². The summed E-state index contributed by atoms with van der Waals surface area (Å²) < 4.78 is 23.8. The fraction of sp³-hybridized carbons (Fsp3) is 0.455. The van der Waals surface area contributed by atoms with Crippen LogP contribution in [0.15, 0.2) is 23.1 Å². The predicted molar refractivity (Wildman–Crippen MR) is 68.2 cm³/mol. The SMILES string of the molecule is Cc1cc(S(=O)(=O)CCCCCl)ccc1Cl. The highest BCUT2D eigenvalue weighted by molar-refractivity contribution is 7.91. The molecule has 0 aliphatic carbocycles. The zero-order valence-electron chi connectivity index (χ0n) is 9.04. The Kier molecular flexibility index (Phi) is 5.09. The molecular formula is C11H14Cl2O2S. The molecule has 5 heteroatoms. The minimum absolute atomic E-state index is 0.140. The second-order valence-electron chi connectivity index (χ2n) is 3.63. The molecule has 90 valence electrons. The Balaban J connectivity index is 2.86. The lowest BCUT2D eigenvalue weighted by Crippen LogP contribution is -2.07. The zero-order valence-corrected chi connectivity index (χ0v) is 11.4. The van der Waals surface area contributed by atoms with Crippen molar-refractivity contribution in [3.8, 4) is 0 Å². The van der Waals surface area contributed by atoms with Crippen molar-refractivity contribution in [1.82, 2.24) is 0 Å². The van der Waals surface area contributed by atoms with E-state index in [1.165, 1.54) is 0 Å². The van der Waals surface area contributed by atoms with E-state index in [0.717, 1.165) is 5.56 Å². The lowest BCUT2D eigenvalue weighted by atomic mass is 10.2. The molecule has 0 radical (unpaired) electrons. The van der Waals surface area contributed by atoms with Crippen LogP contribution in [0.1, 0.15) is 18.4 Å². The van der Waals surface area contributed by atoms with Gasteiger partial charge in [-0.1, -0.05) is 11.6 Å². The number of rotatable bonds is 5. The number of hydrogen-bond acceptors (Lipinski definition) is 2. The first-order chi connectivity index (χ1) is 7.47. The Hall–Kier alpha value is -0.250. The molecule has 0 spiro atoms. The number of sulfone groups is 1. The van der Waals surface area contributed by atoms with Gasteiger partial charge in [-0.05, 0) is 43.5 Å². The maximum Gasteiger partial charge on any atom is 0.178 e. The van der Waals surface area contributed by atoms with Crippen LogP contribution >= 0.6 is 23.2 Å². The molecule has 0 heterocycles. The Labute approximate surface area is 106 Å². The largest absolute Gasteiger partial charge is 0.224 e. The highest BCUT2D eigenvalue weighted by atomic mass is 35.5. The van der Waals surface area contributed by atoms with Gasteiger partial charge in [0.1, 0.15) is 0 Å². The van der Waals surface area contributed by atoms with Gasteiger partial charge in [-0.15, -0.1) is 11.6 Å². The number of halogens is 2. The van der Waals surface area contributed by atoms with Crippen molar-refractivity contribution in [2.75, 3.05) is 11.6 Å². The number of benzene rings is 1. The van der Waals surface area contributed by atoms with Gasteiger partial charge in [-0.2, -0.15) is 0 Å². The Morgan fingerprint density at radius 2 is 1.94 bits per heavy atom. The van der Waals surface area contributed by atoms with Crippen molar-refractivity contribution >= 4 is 33.0 Å². The number of hydrogen-bond donors (Lipinski definition) is 0. The van der Waals surface area contributed by atoms with Crippen LogP contribution in [-0.2, 0) is 9.84 Å². The molecule has 0 saturated heterocycles. The van der Waals surface area contributed by atoms with Crippen molar-refractivity contribution in [2.45, 2.75) is 24.7 Å². The van der Waals surface area contributed by atoms with Crippen LogP contribution in [0.25, 0.3) is 0 Å². The minimum Gasteiger partial charge on any atom is -0.224 e. The van der Waals surface area contributed by atoms with Gasteiger partial charge < -0.3 is 0 Å². The van der Waals surface area contributed by atoms with Crippen LogP contribution in [0, 0.1) is 6.92 Å². The first-order valence-electron chi connectivity index (χ1n) is 5.02. The normalized spacial score (nSPS) is 11.7. The summed E-state index contributed by atoms with van der Waals surface area (Å²) in [5, 5.41) is 0.583. The summed E-state index contributed by atoms with van der Waals surface area (Å²) >= 11 is 11.4. The van der Waals surface area contributed by atoms with Gasteiger partial charge in [0, 0.05) is 10.9 Å². The maximum atomic E-state index is 11.9. The van der Waals surface area contributed by atoms with E-state index in [9.17, 15) is 8.42 Å². The fourth-order valence-electron chi connectivity index (χ4n) is 1.32. The van der Waals surface area contributed by atoms with Gasteiger partial charge in [-0.25, -0.2) is 8.42 Å². The van der Waals surface area contributed by atoms with E-state index in [0.29, 0.717) is 28.6 Å².